The Kier molecular flexibility index (Phi) is 4.37. The number of carbonyl (C=O) groups excluding carboxylic acids is 1. The van der Waals surface area contributed by atoms with E-state index in [1.807, 2.05) is 48.2 Å². The number of pyridine rings is 1. The van der Waals surface area contributed by atoms with Crippen molar-refractivity contribution >= 4 is 5.91 Å². The normalized spacial score (nSPS) is 14.5. The molecule has 2 aromatic rings. The number of hydrogen-bond acceptors (Lipinski definition) is 3. The van der Waals surface area contributed by atoms with E-state index < -0.39 is 0 Å². The molecule has 0 spiro atoms. The van der Waals surface area contributed by atoms with Crippen LogP contribution in [0.3, 0.4) is 0 Å². The predicted molar refractivity (Wildman–Crippen MR) is 84.7 cm³/mol. The fourth-order valence-electron chi connectivity index (χ4n) is 2.52. The fraction of sp³-hybridized carbons (Fsp3) is 0.333. The molecule has 4 nitrogen and oxygen atoms in total. The third-order valence-corrected chi connectivity index (χ3v) is 3.82. The van der Waals surface area contributed by atoms with E-state index >= 15 is 0 Å². The van der Waals surface area contributed by atoms with Gasteiger partial charge in [0.25, 0.3) is 0 Å². The fourth-order valence-corrected chi connectivity index (χ4v) is 2.52. The number of benzene rings is 1. The van der Waals surface area contributed by atoms with Crippen molar-refractivity contribution in [1.82, 2.24) is 9.88 Å². The van der Waals surface area contributed by atoms with E-state index in [9.17, 15) is 4.79 Å². The van der Waals surface area contributed by atoms with Gasteiger partial charge in [0.15, 0.2) is 0 Å². The van der Waals surface area contributed by atoms with E-state index in [0.717, 1.165) is 12.1 Å². The number of aromatic nitrogens is 1. The predicted octanol–water partition coefficient (Wildman–Crippen LogP) is 2.61. The molecule has 0 aliphatic carbocycles. The zero-order valence-corrected chi connectivity index (χ0v) is 12.7. The maximum absolute atomic E-state index is 12.1. The zero-order chi connectivity index (χ0) is 15.4. The summed E-state index contributed by atoms with van der Waals surface area (Å²) >= 11 is 0. The van der Waals surface area contributed by atoms with E-state index in [1.54, 1.807) is 0 Å². The second-order valence-corrected chi connectivity index (χ2v) is 5.64. The Hall–Kier alpha value is -2.36. The number of ether oxygens (including phenoxy) is 1. The third kappa shape index (κ3) is 3.64. The largest absolute Gasteiger partial charge is 0.471 e. The molecule has 1 saturated heterocycles. The molecule has 114 valence electrons. The summed E-state index contributed by atoms with van der Waals surface area (Å²) in [7, 11) is 0. The van der Waals surface area contributed by atoms with Crippen LogP contribution in [0, 0.1) is 6.92 Å². The van der Waals surface area contributed by atoms with Crippen molar-refractivity contribution in [3.63, 3.8) is 0 Å². The van der Waals surface area contributed by atoms with Crippen molar-refractivity contribution in [2.45, 2.75) is 25.9 Å². The maximum Gasteiger partial charge on any atom is 0.223 e. The smallest absolute Gasteiger partial charge is 0.223 e. The molecular weight excluding hydrogens is 276 g/mol. The van der Waals surface area contributed by atoms with Crippen LogP contribution >= 0.6 is 0 Å². The first-order chi connectivity index (χ1) is 10.7. The first kappa shape index (κ1) is 14.6. The summed E-state index contributed by atoms with van der Waals surface area (Å²) in [5, 5.41) is 0. The Morgan fingerprint density at radius 1 is 1.18 bits per heavy atom. The van der Waals surface area contributed by atoms with Gasteiger partial charge in [0, 0.05) is 18.2 Å². The quantitative estimate of drug-likeness (QED) is 0.852. The molecule has 0 radical (unpaired) electrons. The minimum Gasteiger partial charge on any atom is -0.471 e. The van der Waals surface area contributed by atoms with Gasteiger partial charge >= 0.3 is 0 Å². The Morgan fingerprint density at radius 3 is 2.68 bits per heavy atom. The Labute approximate surface area is 130 Å². The number of likely N-dealkylation sites (tertiary alicyclic amines) is 1. The number of aryl methyl sites for hydroxylation is 2. The van der Waals surface area contributed by atoms with Crippen LogP contribution in [0.25, 0.3) is 0 Å². The van der Waals surface area contributed by atoms with E-state index in [-0.39, 0.29) is 12.0 Å². The van der Waals surface area contributed by atoms with Gasteiger partial charge in [-0.05, 0) is 25.0 Å². The van der Waals surface area contributed by atoms with Crippen molar-refractivity contribution in [2.24, 2.45) is 0 Å². The Morgan fingerprint density at radius 2 is 1.95 bits per heavy atom. The molecule has 3 rings (SSSR count). The zero-order valence-electron chi connectivity index (χ0n) is 12.7. The van der Waals surface area contributed by atoms with Gasteiger partial charge in [-0.25, -0.2) is 4.98 Å². The average Bonchev–Trinajstić information content (AvgIpc) is 2.49. The van der Waals surface area contributed by atoms with Gasteiger partial charge in [0.05, 0.1) is 13.1 Å². The molecule has 0 atom stereocenters. The van der Waals surface area contributed by atoms with Crippen molar-refractivity contribution in [1.29, 1.82) is 0 Å². The molecule has 22 heavy (non-hydrogen) atoms. The summed E-state index contributed by atoms with van der Waals surface area (Å²) in [6.07, 6.45) is 1.41. The van der Waals surface area contributed by atoms with Gasteiger partial charge in [0.1, 0.15) is 6.10 Å². The SMILES string of the molecule is Cc1cccc(OC2CN(C(=O)CCc3ccccc3)C2)n1. The van der Waals surface area contributed by atoms with Crippen molar-refractivity contribution in [3.05, 3.63) is 59.8 Å². The maximum atomic E-state index is 12.1. The molecule has 0 saturated carbocycles. The minimum absolute atomic E-state index is 0.0648. The van der Waals surface area contributed by atoms with Crippen LogP contribution in [0.15, 0.2) is 48.5 Å². The van der Waals surface area contributed by atoms with E-state index in [4.69, 9.17) is 4.74 Å². The topological polar surface area (TPSA) is 42.4 Å². The summed E-state index contributed by atoms with van der Waals surface area (Å²) in [6.45, 7) is 3.25. The van der Waals surface area contributed by atoms with Gasteiger partial charge in [-0.2, -0.15) is 0 Å². The highest BCUT2D eigenvalue weighted by Gasteiger charge is 2.32. The number of hydrogen-bond donors (Lipinski definition) is 0. The standard InChI is InChI=1S/C18H20N2O2/c1-14-6-5-9-17(19-14)22-16-12-20(13-16)18(21)11-10-15-7-3-2-4-8-15/h2-9,16H,10-13H2,1H3. The molecule has 2 heterocycles. The molecule has 0 unspecified atom stereocenters. The van der Waals surface area contributed by atoms with Crippen LogP contribution in [0.5, 0.6) is 5.88 Å². The van der Waals surface area contributed by atoms with E-state index in [1.165, 1.54) is 5.56 Å². The first-order valence-corrected chi connectivity index (χ1v) is 7.63. The van der Waals surface area contributed by atoms with Crippen LogP contribution in [0.1, 0.15) is 17.7 Å². The molecule has 0 bridgehead atoms. The summed E-state index contributed by atoms with van der Waals surface area (Å²) in [5.41, 5.74) is 2.14. The van der Waals surface area contributed by atoms with E-state index in [2.05, 4.69) is 17.1 Å². The highest BCUT2D eigenvalue weighted by molar-refractivity contribution is 5.77. The van der Waals surface area contributed by atoms with Gasteiger partial charge in [-0.3, -0.25) is 4.79 Å². The minimum atomic E-state index is 0.0648. The van der Waals surface area contributed by atoms with Crippen molar-refractivity contribution < 1.29 is 9.53 Å². The van der Waals surface area contributed by atoms with Gasteiger partial charge in [-0.15, -0.1) is 0 Å². The number of nitrogens with zero attached hydrogens (tertiary/aromatic N) is 2. The summed E-state index contributed by atoms with van der Waals surface area (Å²) in [4.78, 5) is 18.3. The van der Waals surface area contributed by atoms with Crippen molar-refractivity contribution in [2.75, 3.05) is 13.1 Å². The molecule has 1 aromatic heterocycles. The molecule has 1 aliphatic heterocycles. The third-order valence-electron chi connectivity index (χ3n) is 3.82. The van der Waals surface area contributed by atoms with E-state index in [0.29, 0.717) is 25.4 Å². The van der Waals surface area contributed by atoms with Gasteiger partial charge < -0.3 is 9.64 Å². The summed E-state index contributed by atoms with van der Waals surface area (Å²) in [5.74, 6) is 0.835. The monoisotopic (exact) mass is 296 g/mol. The van der Waals surface area contributed by atoms with Gasteiger partial charge in [0.2, 0.25) is 11.8 Å². The van der Waals surface area contributed by atoms with Gasteiger partial charge in [-0.1, -0.05) is 36.4 Å². The van der Waals surface area contributed by atoms with Crippen molar-refractivity contribution in [3.8, 4) is 5.88 Å². The second-order valence-electron chi connectivity index (χ2n) is 5.64. The number of rotatable bonds is 5. The summed E-state index contributed by atoms with van der Waals surface area (Å²) in [6, 6.07) is 15.8. The lowest BCUT2D eigenvalue weighted by Crippen LogP contribution is -2.56. The number of amides is 1. The van der Waals surface area contributed by atoms with Crippen LogP contribution < -0.4 is 4.74 Å². The molecule has 0 N–H and O–H groups in total. The average molecular weight is 296 g/mol. The molecule has 4 heteroatoms. The molecule has 1 aromatic carbocycles. The lowest BCUT2D eigenvalue weighted by atomic mass is 10.1. The lowest BCUT2D eigenvalue weighted by molar-refractivity contribution is -0.140. The molecular formula is C18H20N2O2. The second kappa shape index (κ2) is 6.60. The van der Waals surface area contributed by atoms with Crippen LogP contribution in [0.4, 0.5) is 0 Å². The highest BCUT2D eigenvalue weighted by atomic mass is 16.5. The lowest BCUT2D eigenvalue weighted by Gasteiger charge is -2.38. The highest BCUT2D eigenvalue weighted by Crippen LogP contribution is 2.17. The van der Waals surface area contributed by atoms with Crippen LogP contribution in [0.2, 0.25) is 0 Å². The molecule has 1 aliphatic rings. The van der Waals surface area contributed by atoms with Crippen LogP contribution in [-0.4, -0.2) is 35.0 Å². The summed E-state index contributed by atoms with van der Waals surface area (Å²) < 4.78 is 5.77. The molecule has 1 fully saturated rings. The Bertz CT molecular complexity index is 637. The Balaban J connectivity index is 1.42. The number of carbonyl (C=O) groups is 1. The first-order valence-electron chi connectivity index (χ1n) is 7.63. The molecule has 1 amide bonds. The van der Waals surface area contributed by atoms with Crippen LogP contribution in [-0.2, 0) is 11.2 Å².